The summed E-state index contributed by atoms with van der Waals surface area (Å²) in [5.41, 5.74) is 5.74. The summed E-state index contributed by atoms with van der Waals surface area (Å²) < 4.78 is 10.6. The lowest BCUT2D eigenvalue weighted by Gasteiger charge is -2.07. The van der Waals surface area contributed by atoms with Crippen LogP contribution in [-0.4, -0.2) is 25.1 Å². The van der Waals surface area contributed by atoms with Gasteiger partial charge in [0.15, 0.2) is 0 Å². The number of methoxy groups -OCH3 is 2. The molecule has 1 aromatic heterocycles. The summed E-state index contributed by atoms with van der Waals surface area (Å²) in [6.07, 6.45) is 3.17. The molecule has 0 radical (unpaired) electrons. The number of rotatable bonds is 7. The zero-order chi connectivity index (χ0) is 23.2. The van der Waals surface area contributed by atoms with Crippen molar-refractivity contribution in [2.24, 2.45) is 0 Å². The Kier molecular flexibility index (Phi) is 6.86. The van der Waals surface area contributed by atoms with Gasteiger partial charge in [-0.15, -0.1) is 11.3 Å². The van der Waals surface area contributed by atoms with Crippen molar-refractivity contribution in [3.05, 3.63) is 89.3 Å². The minimum atomic E-state index is -0.233. The molecule has 3 aromatic carbocycles. The van der Waals surface area contributed by atoms with Crippen molar-refractivity contribution in [3.63, 3.8) is 0 Å². The van der Waals surface area contributed by atoms with Crippen molar-refractivity contribution in [2.45, 2.75) is 6.92 Å². The number of amides is 1. The van der Waals surface area contributed by atoms with E-state index in [1.807, 2.05) is 48.5 Å². The summed E-state index contributed by atoms with van der Waals surface area (Å²) in [4.78, 5) is 17.2. The van der Waals surface area contributed by atoms with E-state index < -0.39 is 0 Å². The molecule has 4 aromatic rings. The first-order valence-corrected chi connectivity index (χ1v) is 11.3. The number of carbonyl (C=O) groups excluding carboxylic acids is 1. The first-order chi connectivity index (χ1) is 16.1. The Hall–Kier alpha value is -3.90. The third-order valence-electron chi connectivity index (χ3n) is 5.18. The standard InChI is InChI=1S/C27H24N2O3S/c1-18-6-4-5-7-23(18)27-29-24(17-33-27)19-8-11-21(12-9-19)28-26(30)15-10-20-16-22(31-2)13-14-25(20)32-3/h4-17H,1-3H3,(H,28,30)/b15-10+. The van der Waals surface area contributed by atoms with Crippen molar-refractivity contribution in [2.75, 3.05) is 19.5 Å². The van der Waals surface area contributed by atoms with E-state index in [4.69, 9.17) is 14.5 Å². The highest BCUT2D eigenvalue weighted by Gasteiger charge is 2.09. The number of aryl methyl sites for hydroxylation is 1. The zero-order valence-electron chi connectivity index (χ0n) is 18.7. The molecule has 0 fully saturated rings. The number of benzene rings is 3. The Labute approximate surface area is 197 Å². The molecule has 166 valence electrons. The van der Waals surface area contributed by atoms with Gasteiger partial charge >= 0.3 is 0 Å². The third kappa shape index (κ3) is 5.30. The molecule has 0 aliphatic carbocycles. The highest BCUT2D eigenvalue weighted by Crippen LogP contribution is 2.31. The maximum Gasteiger partial charge on any atom is 0.248 e. The highest BCUT2D eigenvalue weighted by molar-refractivity contribution is 7.13. The number of aromatic nitrogens is 1. The SMILES string of the molecule is COc1ccc(OC)c(/C=C/C(=O)Nc2ccc(-c3csc(-c4ccccc4C)n3)cc2)c1. The van der Waals surface area contributed by atoms with Crippen LogP contribution in [0.4, 0.5) is 5.69 Å². The van der Waals surface area contributed by atoms with Gasteiger partial charge in [-0.25, -0.2) is 4.98 Å². The molecular formula is C27H24N2O3S. The molecule has 0 aliphatic heterocycles. The number of carbonyl (C=O) groups is 1. The fraction of sp³-hybridized carbons (Fsp3) is 0.111. The molecule has 0 atom stereocenters. The largest absolute Gasteiger partial charge is 0.497 e. The Balaban J connectivity index is 1.44. The van der Waals surface area contributed by atoms with Crippen LogP contribution < -0.4 is 14.8 Å². The summed E-state index contributed by atoms with van der Waals surface area (Å²) >= 11 is 1.63. The van der Waals surface area contributed by atoms with E-state index >= 15 is 0 Å². The summed E-state index contributed by atoms with van der Waals surface area (Å²) in [6, 6.07) is 21.3. The molecule has 0 bridgehead atoms. The van der Waals surface area contributed by atoms with Crippen LogP contribution in [0, 0.1) is 6.92 Å². The van der Waals surface area contributed by atoms with Gasteiger partial charge in [0.25, 0.3) is 0 Å². The normalized spacial score (nSPS) is 10.9. The van der Waals surface area contributed by atoms with E-state index in [-0.39, 0.29) is 5.91 Å². The number of ether oxygens (including phenoxy) is 2. The molecule has 0 unspecified atom stereocenters. The van der Waals surface area contributed by atoms with Gasteiger partial charge in [-0.2, -0.15) is 0 Å². The summed E-state index contributed by atoms with van der Waals surface area (Å²) in [7, 11) is 3.19. The topological polar surface area (TPSA) is 60.5 Å². The van der Waals surface area contributed by atoms with Crippen LogP contribution in [0.5, 0.6) is 11.5 Å². The molecule has 0 saturated carbocycles. The smallest absolute Gasteiger partial charge is 0.248 e. The van der Waals surface area contributed by atoms with Gasteiger partial charge in [0, 0.05) is 33.8 Å². The number of nitrogens with zero attached hydrogens (tertiary/aromatic N) is 1. The molecule has 6 heteroatoms. The summed E-state index contributed by atoms with van der Waals surface area (Å²) in [5, 5.41) is 5.93. The van der Waals surface area contributed by atoms with Gasteiger partial charge < -0.3 is 14.8 Å². The Morgan fingerprint density at radius 3 is 2.52 bits per heavy atom. The molecule has 5 nitrogen and oxygen atoms in total. The second kappa shape index (κ2) is 10.1. The Bertz CT molecular complexity index is 1290. The van der Waals surface area contributed by atoms with E-state index in [2.05, 4.69) is 29.8 Å². The van der Waals surface area contributed by atoms with Crippen LogP contribution in [0.2, 0.25) is 0 Å². The second-order valence-electron chi connectivity index (χ2n) is 7.36. The average Bonchev–Trinajstić information content (AvgIpc) is 3.33. The van der Waals surface area contributed by atoms with Crippen molar-refractivity contribution in [3.8, 4) is 33.3 Å². The zero-order valence-corrected chi connectivity index (χ0v) is 19.5. The minimum Gasteiger partial charge on any atom is -0.497 e. The second-order valence-corrected chi connectivity index (χ2v) is 8.22. The first-order valence-electron chi connectivity index (χ1n) is 10.4. The molecule has 0 aliphatic rings. The molecule has 4 rings (SSSR count). The molecule has 0 spiro atoms. The number of hydrogen-bond acceptors (Lipinski definition) is 5. The Morgan fingerprint density at radius 1 is 1.00 bits per heavy atom. The lowest BCUT2D eigenvalue weighted by Crippen LogP contribution is -2.07. The van der Waals surface area contributed by atoms with Crippen molar-refractivity contribution in [1.82, 2.24) is 4.98 Å². The van der Waals surface area contributed by atoms with Gasteiger partial charge in [0.2, 0.25) is 5.91 Å². The predicted octanol–water partition coefficient (Wildman–Crippen LogP) is 6.45. The molecule has 33 heavy (non-hydrogen) atoms. The van der Waals surface area contributed by atoms with E-state index in [0.717, 1.165) is 27.4 Å². The van der Waals surface area contributed by atoms with Crippen LogP contribution in [0.1, 0.15) is 11.1 Å². The molecular weight excluding hydrogens is 432 g/mol. The van der Waals surface area contributed by atoms with E-state index in [1.165, 1.54) is 11.6 Å². The third-order valence-corrected chi connectivity index (χ3v) is 6.05. The van der Waals surface area contributed by atoms with Gasteiger partial charge in [-0.3, -0.25) is 4.79 Å². The fourth-order valence-corrected chi connectivity index (χ4v) is 4.31. The number of hydrogen-bond donors (Lipinski definition) is 1. The van der Waals surface area contributed by atoms with Crippen molar-refractivity contribution < 1.29 is 14.3 Å². The van der Waals surface area contributed by atoms with Gasteiger partial charge in [0.05, 0.1) is 19.9 Å². The molecule has 1 amide bonds. The average molecular weight is 457 g/mol. The van der Waals surface area contributed by atoms with Gasteiger partial charge in [0.1, 0.15) is 16.5 Å². The number of anilines is 1. The van der Waals surface area contributed by atoms with Crippen LogP contribution >= 0.6 is 11.3 Å². The van der Waals surface area contributed by atoms with Crippen molar-refractivity contribution in [1.29, 1.82) is 0 Å². The maximum atomic E-state index is 12.4. The van der Waals surface area contributed by atoms with Gasteiger partial charge in [-0.1, -0.05) is 36.4 Å². The first kappa shape index (κ1) is 22.3. The Morgan fingerprint density at radius 2 is 1.79 bits per heavy atom. The lowest BCUT2D eigenvalue weighted by atomic mass is 10.1. The lowest BCUT2D eigenvalue weighted by molar-refractivity contribution is -0.111. The van der Waals surface area contributed by atoms with Crippen molar-refractivity contribution >= 4 is 29.0 Å². The predicted molar refractivity (Wildman–Crippen MR) is 135 cm³/mol. The fourth-order valence-electron chi connectivity index (χ4n) is 3.39. The minimum absolute atomic E-state index is 0.233. The number of nitrogens with one attached hydrogen (secondary N) is 1. The summed E-state index contributed by atoms with van der Waals surface area (Å²) in [5.74, 6) is 1.12. The monoisotopic (exact) mass is 456 g/mol. The maximum absolute atomic E-state index is 12.4. The summed E-state index contributed by atoms with van der Waals surface area (Å²) in [6.45, 7) is 2.09. The molecule has 1 N–H and O–H groups in total. The van der Waals surface area contributed by atoms with Crippen LogP contribution in [0.25, 0.3) is 27.9 Å². The quantitative estimate of drug-likeness (QED) is 0.325. The van der Waals surface area contributed by atoms with E-state index in [0.29, 0.717) is 17.2 Å². The van der Waals surface area contributed by atoms with E-state index in [1.54, 1.807) is 37.7 Å². The van der Waals surface area contributed by atoms with Crippen LogP contribution in [-0.2, 0) is 4.79 Å². The van der Waals surface area contributed by atoms with E-state index in [9.17, 15) is 4.79 Å². The molecule has 0 saturated heterocycles. The van der Waals surface area contributed by atoms with Crippen LogP contribution in [0.3, 0.4) is 0 Å². The van der Waals surface area contributed by atoms with Gasteiger partial charge in [-0.05, 0) is 48.9 Å². The number of thiazole rings is 1. The highest BCUT2D eigenvalue weighted by atomic mass is 32.1. The molecule has 1 heterocycles. The van der Waals surface area contributed by atoms with Crippen LogP contribution in [0.15, 0.2) is 78.2 Å².